The smallest absolute Gasteiger partial charge is 0.119 e. The molecule has 4 heteroatoms. The van der Waals surface area contributed by atoms with Crippen molar-refractivity contribution in [3.8, 4) is 5.75 Å². The van der Waals surface area contributed by atoms with Gasteiger partial charge in [-0.2, -0.15) is 0 Å². The van der Waals surface area contributed by atoms with Crippen LogP contribution in [0.2, 0.25) is 0 Å². The van der Waals surface area contributed by atoms with Crippen LogP contribution in [0.25, 0.3) is 0 Å². The van der Waals surface area contributed by atoms with Crippen LogP contribution in [0.1, 0.15) is 26.2 Å². The summed E-state index contributed by atoms with van der Waals surface area (Å²) in [4.78, 5) is 0. The second-order valence-electron chi connectivity index (χ2n) is 5.45. The molecule has 20 heavy (non-hydrogen) atoms. The number of hydrogen-bond donors (Lipinski definition) is 1. The number of rotatable bonds is 7. The Morgan fingerprint density at radius 1 is 1.25 bits per heavy atom. The van der Waals surface area contributed by atoms with Gasteiger partial charge in [-0.05, 0) is 55.5 Å². The summed E-state index contributed by atoms with van der Waals surface area (Å²) >= 11 is 3.44. The van der Waals surface area contributed by atoms with Gasteiger partial charge >= 0.3 is 0 Å². The fraction of sp³-hybridized carbons (Fsp3) is 0.625. The van der Waals surface area contributed by atoms with Crippen molar-refractivity contribution in [1.82, 2.24) is 5.32 Å². The molecule has 0 saturated carbocycles. The molecular weight excluding hydrogens is 318 g/mol. The summed E-state index contributed by atoms with van der Waals surface area (Å²) in [6.45, 7) is 6.78. The van der Waals surface area contributed by atoms with Crippen molar-refractivity contribution in [3.05, 3.63) is 28.7 Å². The molecule has 1 aromatic carbocycles. The third-order valence-corrected chi connectivity index (χ3v) is 4.55. The SMILES string of the molecule is CCNCC1(CCOc2ccc(Br)cc2)CCOCC1. The molecule has 0 atom stereocenters. The highest BCUT2D eigenvalue weighted by Crippen LogP contribution is 2.33. The van der Waals surface area contributed by atoms with Crippen LogP contribution < -0.4 is 10.1 Å². The summed E-state index contributed by atoms with van der Waals surface area (Å²) in [5, 5.41) is 3.50. The summed E-state index contributed by atoms with van der Waals surface area (Å²) in [6, 6.07) is 8.03. The standard InChI is InChI=1S/C16H24BrNO2/c1-2-18-13-16(7-10-19-11-8-16)9-12-20-15-5-3-14(17)4-6-15/h3-6,18H,2,7-13H2,1H3. The van der Waals surface area contributed by atoms with E-state index in [1.54, 1.807) is 0 Å². The van der Waals surface area contributed by atoms with Crippen LogP contribution in [0.3, 0.4) is 0 Å². The molecule has 0 aliphatic carbocycles. The topological polar surface area (TPSA) is 30.5 Å². The Hall–Kier alpha value is -0.580. The van der Waals surface area contributed by atoms with Crippen molar-refractivity contribution in [2.75, 3.05) is 32.9 Å². The van der Waals surface area contributed by atoms with E-state index in [0.717, 1.165) is 62.4 Å². The van der Waals surface area contributed by atoms with Gasteiger partial charge in [-0.25, -0.2) is 0 Å². The second kappa shape index (κ2) is 8.01. The van der Waals surface area contributed by atoms with Crippen LogP contribution in [0, 0.1) is 5.41 Å². The van der Waals surface area contributed by atoms with Crippen LogP contribution in [-0.2, 0) is 4.74 Å². The normalized spacial score (nSPS) is 17.9. The Labute approximate surface area is 130 Å². The number of halogens is 1. The summed E-state index contributed by atoms with van der Waals surface area (Å²) in [5.41, 5.74) is 0.337. The molecule has 1 aliphatic rings. The van der Waals surface area contributed by atoms with Gasteiger partial charge in [0.2, 0.25) is 0 Å². The molecule has 3 nitrogen and oxygen atoms in total. The maximum atomic E-state index is 5.88. The maximum absolute atomic E-state index is 5.88. The van der Waals surface area contributed by atoms with Crippen molar-refractivity contribution in [2.24, 2.45) is 5.41 Å². The molecule has 1 N–H and O–H groups in total. The Kier molecular flexibility index (Phi) is 6.33. The first-order valence-electron chi connectivity index (χ1n) is 7.41. The lowest BCUT2D eigenvalue weighted by Gasteiger charge is -2.37. The zero-order chi connectivity index (χ0) is 14.3. The Morgan fingerprint density at radius 3 is 2.60 bits per heavy atom. The quantitative estimate of drug-likeness (QED) is 0.821. The van der Waals surface area contributed by atoms with E-state index in [4.69, 9.17) is 9.47 Å². The zero-order valence-electron chi connectivity index (χ0n) is 12.2. The van der Waals surface area contributed by atoms with E-state index in [2.05, 4.69) is 28.2 Å². The van der Waals surface area contributed by atoms with E-state index in [9.17, 15) is 0 Å². The molecule has 112 valence electrons. The van der Waals surface area contributed by atoms with Gasteiger partial charge in [0.15, 0.2) is 0 Å². The van der Waals surface area contributed by atoms with Gasteiger partial charge in [-0.15, -0.1) is 0 Å². The van der Waals surface area contributed by atoms with Gasteiger partial charge in [0.05, 0.1) is 6.61 Å². The van der Waals surface area contributed by atoms with Crippen LogP contribution in [0.5, 0.6) is 5.75 Å². The van der Waals surface area contributed by atoms with E-state index in [0.29, 0.717) is 5.41 Å². The zero-order valence-corrected chi connectivity index (χ0v) is 13.7. The highest BCUT2D eigenvalue weighted by Gasteiger charge is 2.31. The summed E-state index contributed by atoms with van der Waals surface area (Å²) in [7, 11) is 0. The molecule has 0 unspecified atom stereocenters. The third kappa shape index (κ3) is 4.76. The second-order valence-corrected chi connectivity index (χ2v) is 6.36. The highest BCUT2D eigenvalue weighted by molar-refractivity contribution is 9.10. The fourth-order valence-electron chi connectivity index (χ4n) is 2.63. The van der Waals surface area contributed by atoms with Gasteiger partial charge in [0, 0.05) is 24.2 Å². The van der Waals surface area contributed by atoms with Crippen molar-refractivity contribution < 1.29 is 9.47 Å². The molecule has 0 spiro atoms. The molecule has 1 heterocycles. The van der Waals surface area contributed by atoms with E-state index in [1.165, 1.54) is 0 Å². The summed E-state index contributed by atoms with van der Waals surface area (Å²) in [6.07, 6.45) is 3.34. The summed E-state index contributed by atoms with van der Waals surface area (Å²) in [5.74, 6) is 0.943. The lowest BCUT2D eigenvalue weighted by Crippen LogP contribution is -2.40. The average molecular weight is 342 g/mol. The molecule has 1 aromatic rings. The largest absolute Gasteiger partial charge is 0.494 e. The minimum Gasteiger partial charge on any atom is -0.494 e. The highest BCUT2D eigenvalue weighted by atomic mass is 79.9. The minimum absolute atomic E-state index is 0.337. The van der Waals surface area contributed by atoms with Crippen LogP contribution in [-0.4, -0.2) is 32.9 Å². The first-order valence-corrected chi connectivity index (χ1v) is 8.20. The third-order valence-electron chi connectivity index (χ3n) is 4.02. The van der Waals surface area contributed by atoms with Crippen molar-refractivity contribution >= 4 is 15.9 Å². The summed E-state index contributed by atoms with van der Waals surface area (Å²) < 4.78 is 12.5. The number of hydrogen-bond acceptors (Lipinski definition) is 3. The van der Waals surface area contributed by atoms with Crippen molar-refractivity contribution in [1.29, 1.82) is 0 Å². The van der Waals surface area contributed by atoms with E-state index >= 15 is 0 Å². The maximum Gasteiger partial charge on any atom is 0.119 e. The number of benzene rings is 1. The Bertz CT molecular complexity index is 388. The molecular formula is C16H24BrNO2. The van der Waals surface area contributed by atoms with Gasteiger partial charge in [0.25, 0.3) is 0 Å². The molecule has 0 amide bonds. The van der Waals surface area contributed by atoms with Crippen LogP contribution in [0.4, 0.5) is 0 Å². The van der Waals surface area contributed by atoms with E-state index in [1.807, 2.05) is 24.3 Å². The van der Waals surface area contributed by atoms with Gasteiger partial charge in [-0.3, -0.25) is 0 Å². The molecule has 0 bridgehead atoms. The molecule has 1 fully saturated rings. The first-order chi connectivity index (χ1) is 9.74. The molecule has 0 radical (unpaired) electrons. The van der Waals surface area contributed by atoms with E-state index in [-0.39, 0.29) is 0 Å². The monoisotopic (exact) mass is 341 g/mol. The molecule has 1 saturated heterocycles. The number of nitrogens with one attached hydrogen (secondary N) is 1. The first kappa shape index (κ1) is 15.8. The van der Waals surface area contributed by atoms with E-state index < -0.39 is 0 Å². The minimum atomic E-state index is 0.337. The van der Waals surface area contributed by atoms with Gasteiger partial charge in [-0.1, -0.05) is 22.9 Å². The van der Waals surface area contributed by atoms with Crippen LogP contribution >= 0.6 is 15.9 Å². The predicted octanol–water partition coefficient (Wildman–Crippen LogP) is 3.62. The van der Waals surface area contributed by atoms with Crippen molar-refractivity contribution in [3.63, 3.8) is 0 Å². The molecule has 1 aliphatic heterocycles. The van der Waals surface area contributed by atoms with Gasteiger partial charge < -0.3 is 14.8 Å². The average Bonchev–Trinajstić information content (AvgIpc) is 2.48. The number of ether oxygens (including phenoxy) is 2. The lowest BCUT2D eigenvalue weighted by molar-refractivity contribution is 0.00449. The predicted molar refractivity (Wildman–Crippen MR) is 85.3 cm³/mol. The Morgan fingerprint density at radius 2 is 1.95 bits per heavy atom. The molecule has 0 aromatic heterocycles. The lowest BCUT2D eigenvalue weighted by atomic mass is 9.77. The molecule has 2 rings (SSSR count). The van der Waals surface area contributed by atoms with Crippen LogP contribution in [0.15, 0.2) is 28.7 Å². The van der Waals surface area contributed by atoms with Crippen molar-refractivity contribution in [2.45, 2.75) is 26.2 Å². The Balaban J connectivity index is 1.83. The van der Waals surface area contributed by atoms with Gasteiger partial charge in [0.1, 0.15) is 5.75 Å². The fourth-order valence-corrected chi connectivity index (χ4v) is 2.89.